The first kappa shape index (κ1) is 19.5. The Morgan fingerprint density at radius 3 is 2.80 bits per heavy atom. The van der Waals surface area contributed by atoms with Crippen molar-refractivity contribution in [3.05, 3.63) is 47.5 Å². The molecule has 2 rings (SSSR count). The zero-order chi connectivity index (χ0) is 18.2. The van der Waals surface area contributed by atoms with E-state index in [2.05, 4.69) is 16.8 Å². The van der Waals surface area contributed by atoms with Crippen molar-refractivity contribution in [2.24, 2.45) is 0 Å². The lowest BCUT2D eigenvalue weighted by molar-refractivity contribution is -0.149. The lowest BCUT2D eigenvalue weighted by Crippen LogP contribution is -2.42. The van der Waals surface area contributed by atoms with E-state index in [1.54, 1.807) is 12.5 Å². The van der Waals surface area contributed by atoms with Crippen molar-refractivity contribution in [1.82, 2.24) is 14.5 Å². The lowest BCUT2D eigenvalue weighted by Gasteiger charge is -2.26. The molecule has 5 nitrogen and oxygen atoms in total. The average Bonchev–Trinajstić information content (AvgIpc) is 3.06. The smallest absolute Gasteiger partial charge is 0.323 e. The second-order valence-corrected chi connectivity index (χ2v) is 6.42. The first-order chi connectivity index (χ1) is 12.1. The number of likely N-dealkylation sites (N-methyl/N-ethyl adjacent to an activating group) is 1. The van der Waals surface area contributed by atoms with Crippen molar-refractivity contribution in [3.8, 4) is 5.69 Å². The zero-order valence-corrected chi connectivity index (χ0v) is 15.9. The lowest BCUT2D eigenvalue weighted by atomic mass is 10.1. The van der Waals surface area contributed by atoms with Gasteiger partial charge in [-0.15, -0.1) is 0 Å². The Balaban J connectivity index is 2.26. The second kappa shape index (κ2) is 9.59. The van der Waals surface area contributed by atoms with E-state index in [0.717, 1.165) is 30.8 Å². The maximum atomic E-state index is 12.5. The molecule has 0 amide bonds. The quantitative estimate of drug-likeness (QED) is 0.637. The van der Waals surface area contributed by atoms with E-state index >= 15 is 0 Å². The van der Waals surface area contributed by atoms with Crippen molar-refractivity contribution in [2.75, 3.05) is 20.2 Å². The number of hydrogen-bond acceptors (Lipinski definition) is 4. The number of unbranched alkanes of at least 4 members (excludes halogenated alkanes) is 1. The molecule has 25 heavy (non-hydrogen) atoms. The summed E-state index contributed by atoms with van der Waals surface area (Å²) in [5.41, 5.74) is 1.78. The molecule has 6 heteroatoms. The predicted molar refractivity (Wildman–Crippen MR) is 100 cm³/mol. The largest absolute Gasteiger partial charge is 0.465 e. The highest BCUT2D eigenvalue weighted by atomic mass is 35.5. The third-order valence-electron chi connectivity index (χ3n) is 4.18. The van der Waals surface area contributed by atoms with E-state index in [4.69, 9.17) is 16.3 Å². The number of imidazole rings is 1. The summed E-state index contributed by atoms with van der Waals surface area (Å²) in [5.74, 6) is -0.201. The van der Waals surface area contributed by atoms with Gasteiger partial charge in [-0.2, -0.15) is 0 Å². The Hall–Kier alpha value is -1.85. The van der Waals surface area contributed by atoms with Gasteiger partial charge in [-0.05, 0) is 39.1 Å². The molecule has 1 aromatic heterocycles. The fourth-order valence-electron chi connectivity index (χ4n) is 2.76. The van der Waals surface area contributed by atoms with E-state index in [9.17, 15) is 4.79 Å². The molecule has 1 heterocycles. The van der Waals surface area contributed by atoms with Gasteiger partial charge in [-0.3, -0.25) is 9.69 Å². The van der Waals surface area contributed by atoms with Crippen LogP contribution >= 0.6 is 11.6 Å². The Labute approximate surface area is 154 Å². The third-order valence-corrected chi connectivity index (χ3v) is 4.50. The SMILES string of the molecule is CCCCN(C)[C@@H](Cc1cncn1-c1ccccc1Cl)C(=O)OCC. The van der Waals surface area contributed by atoms with Gasteiger partial charge in [0, 0.05) is 18.3 Å². The van der Waals surface area contributed by atoms with Crippen LogP contribution in [0.4, 0.5) is 0 Å². The number of aromatic nitrogens is 2. The Bertz CT molecular complexity index is 687. The fourth-order valence-corrected chi connectivity index (χ4v) is 2.98. The highest BCUT2D eigenvalue weighted by Gasteiger charge is 2.26. The van der Waals surface area contributed by atoms with Crippen LogP contribution in [-0.2, 0) is 16.0 Å². The van der Waals surface area contributed by atoms with Crippen molar-refractivity contribution >= 4 is 17.6 Å². The summed E-state index contributed by atoms with van der Waals surface area (Å²) in [5, 5.41) is 0.647. The van der Waals surface area contributed by atoms with Crippen molar-refractivity contribution in [3.63, 3.8) is 0 Å². The van der Waals surface area contributed by atoms with E-state index in [0.29, 0.717) is 18.1 Å². The van der Waals surface area contributed by atoms with E-state index in [1.807, 2.05) is 42.8 Å². The molecule has 2 aromatic rings. The van der Waals surface area contributed by atoms with Gasteiger partial charge in [0.1, 0.15) is 6.04 Å². The van der Waals surface area contributed by atoms with Gasteiger partial charge in [0.2, 0.25) is 0 Å². The summed E-state index contributed by atoms with van der Waals surface area (Å²) in [6.07, 6.45) is 6.14. The monoisotopic (exact) mass is 363 g/mol. The first-order valence-corrected chi connectivity index (χ1v) is 9.09. The predicted octanol–water partition coefficient (Wildman–Crippen LogP) is 3.73. The molecular formula is C19H26ClN3O2. The number of ether oxygens (including phenoxy) is 1. The molecule has 1 aromatic carbocycles. The summed E-state index contributed by atoms with van der Waals surface area (Å²) >= 11 is 6.32. The Morgan fingerprint density at radius 1 is 1.36 bits per heavy atom. The summed E-state index contributed by atoms with van der Waals surface area (Å²) < 4.78 is 7.22. The van der Waals surface area contributed by atoms with Crippen LogP contribution in [0.15, 0.2) is 36.8 Å². The number of nitrogens with zero attached hydrogens (tertiary/aromatic N) is 3. The van der Waals surface area contributed by atoms with Gasteiger partial charge in [-0.25, -0.2) is 4.98 Å². The standard InChI is InChI=1S/C19H26ClN3O2/c1-4-6-11-22(3)18(19(24)25-5-2)12-15-13-21-14-23(15)17-10-8-7-9-16(17)20/h7-10,13-14,18H,4-6,11-12H2,1-3H3/t18-/m0/s1. The summed E-state index contributed by atoms with van der Waals surface area (Å²) in [6.45, 7) is 5.19. The maximum absolute atomic E-state index is 12.5. The maximum Gasteiger partial charge on any atom is 0.323 e. The topological polar surface area (TPSA) is 47.4 Å². The van der Waals surface area contributed by atoms with Crippen molar-refractivity contribution < 1.29 is 9.53 Å². The molecular weight excluding hydrogens is 338 g/mol. The molecule has 136 valence electrons. The minimum absolute atomic E-state index is 0.201. The number of halogens is 1. The van der Waals surface area contributed by atoms with E-state index in [1.165, 1.54) is 0 Å². The van der Waals surface area contributed by atoms with Crippen LogP contribution in [0.1, 0.15) is 32.4 Å². The molecule has 0 saturated heterocycles. The summed E-state index contributed by atoms with van der Waals surface area (Å²) in [4.78, 5) is 18.8. The van der Waals surface area contributed by atoms with Crippen LogP contribution in [0.25, 0.3) is 5.69 Å². The molecule has 0 bridgehead atoms. The number of benzene rings is 1. The molecule has 0 aliphatic heterocycles. The third kappa shape index (κ3) is 5.06. The fraction of sp³-hybridized carbons (Fsp3) is 0.474. The number of esters is 1. The van der Waals surface area contributed by atoms with E-state index in [-0.39, 0.29) is 12.0 Å². The molecule has 0 aliphatic rings. The Kier molecular flexibility index (Phi) is 7.47. The van der Waals surface area contributed by atoms with Crippen LogP contribution in [0.2, 0.25) is 5.02 Å². The van der Waals surface area contributed by atoms with Gasteiger partial charge in [0.25, 0.3) is 0 Å². The van der Waals surface area contributed by atoms with E-state index < -0.39 is 0 Å². The van der Waals surface area contributed by atoms with Gasteiger partial charge in [-0.1, -0.05) is 37.1 Å². The number of hydrogen-bond donors (Lipinski definition) is 0. The molecule has 0 spiro atoms. The van der Waals surface area contributed by atoms with Crippen LogP contribution in [-0.4, -0.2) is 46.7 Å². The van der Waals surface area contributed by atoms with Gasteiger partial charge >= 0.3 is 5.97 Å². The van der Waals surface area contributed by atoms with Crippen LogP contribution in [0.3, 0.4) is 0 Å². The number of para-hydroxylation sites is 1. The minimum atomic E-state index is -0.343. The number of carbonyl (C=O) groups excluding carboxylic acids is 1. The van der Waals surface area contributed by atoms with Gasteiger partial charge in [0.05, 0.1) is 23.6 Å². The zero-order valence-electron chi connectivity index (χ0n) is 15.1. The van der Waals surface area contributed by atoms with Crippen molar-refractivity contribution in [1.29, 1.82) is 0 Å². The summed E-state index contributed by atoms with van der Waals surface area (Å²) in [6, 6.07) is 7.26. The van der Waals surface area contributed by atoms with Crippen molar-refractivity contribution in [2.45, 2.75) is 39.2 Å². The molecule has 0 saturated carbocycles. The highest BCUT2D eigenvalue weighted by molar-refractivity contribution is 6.32. The van der Waals surface area contributed by atoms with Gasteiger partial charge in [0.15, 0.2) is 0 Å². The number of rotatable bonds is 9. The average molecular weight is 364 g/mol. The molecule has 0 unspecified atom stereocenters. The molecule has 0 N–H and O–H groups in total. The Morgan fingerprint density at radius 2 is 2.12 bits per heavy atom. The molecule has 1 atom stereocenters. The molecule has 0 radical (unpaired) electrons. The van der Waals surface area contributed by atoms with Gasteiger partial charge < -0.3 is 9.30 Å². The summed E-state index contributed by atoms with van der Waals surface area (Å²) in [7, 11) is 1.97. The van der Waals surface area contributed by atoms with Crippen LogP contribution < -0.4 is 0 Å². The first-order valence-electron chi connectivity index (χ1n) is 8.71. The second-order valence-electron chi connectivity index (χ2n) is 6.01. The molecule has 0 aliphatic carbocycles. The van der Waals surface area contributed by atoms with Crippen LogP contribution in [0, 0.1) is 0 Å². The molecule has 0 fully saturated rings. The minimum Gasteiger partial charge on any atom is -0.465 e. The van der Waals surface area contributed by atoms with Crippen LogP contribution in [0.5, 0.6) is 0 Å². The normalized spacial score (nSPS) is 12.4. The highest BCUT2D eigenvalue weighted by Crippen LogP contribution is 2.22. The number of carbonyl (C=O) groups is 1.